The molecule has 5 heteroatoms. The minimum atomic E-state index is -0.626. The summed E-state index contributed by atoms with van der Waals surface area (Å²) >= 11 is 0. The standard InChI is InChI=1S/C25H28FNO3/c1-6-18-16-27(15-17-7-13-21(29-5)14-8-17)23(24(28)30-25(2,3)4)22(18)19-9-11-20(26)12-10-19/h7-14,16H,6,15H2,1-5H3. The molecule has 0 unspecified atom stereocenters. The van der Waals surface area contributed by atoms with Gasteiger partial charge in [0.15, 0.2) is 0 Å². The maximum Gasteiger partial charge on any atom is 0.356 e. The molecule has 0 aliphatic rings. The Balaban J connectivity index is 2.12. The number of aromatic nitrogens is 1. The van der Waals surface area contributed by atoms with Gasteiger partial charge in [0.25, 0.3) is 0 Å². The summed E-state index contributed by atoms with van der Waals surface area (Å²) in [5.41, 5.74) is 3.48. The van der Waals surface area contributed by atoms with Crippen molar-refractivity contribution in [2.24, 2.45) is 0 Å². The van der Waals surface area contributed by atoms with E-state index in [-0.39, 0.29) is 5.82 Å². The van der Waals surface area contributed by atoms with Gasteiger partial charge >= 0.3 is 5.97 Å². The molecule has 4 nitrogen and oxygen atoms in total. The van der Waals surface area contributed by atoms with Crippen LogP contribution in [0, 0.1) is 5.82 Å². The minimum absolute atomic E-state index is 0.312. The maximum absolute atomic E-state index is 13.5. The van der Waals surface area contributed by atoms with E-state index < -0.39 is 11.6 Å². The third kappa shape index (κ3) is 4.90. The lowest BCUT2D eigenvalue weighted by molar-refractivity contribution is 0.00592. The van der Waals surface area contributed by atoms with Crippen molar-refractivity contribution in [2.75, 3.05) is 7.11 Å². The van der Waals surface area contributed by atoms with Gasteiger partial charge in [-0.15, -0.1) is 0 Å². The normalized spacial score (nSPS) is 11.4. The Bertz CT molecular complexity index is 1010. The van der Waals surface area contributed by atoms with Crippen molar-refractivity contribution in [3.8, 4) is 16.9 Å². The molecule has 0 aliphatic heterocycles. The van der Waals surface area contributed by atoms with E-state index in [1.807, 2.05) is 62.7 Å². The first kappa shape index (κ1) is 21.6. The van der Waals surface area contributed by atoms with E-state index in [9.17, 15) is 9.18 Å². The second-order valence-electron chi connectivity index (χ2n) is 8.22. The molecule has 3 aromatic rings. The molecule has 30 heavy (non-hydrogen) atoms. The van der Waals surface area contributed by atoms with Crippen LogP contribution in [-0.4, -0.2) is 23.2 Å². The third-order valence-corrected chi connectivity index (χ3v) is 4.77. The molecule has 1 heterocycles. The topological polar surface area (TPSA) is 40.5 Å². The fraction of sp³-hybridized carbons (Fsp3) is 0.320. The Kier molecular flexibility index (Phi) is 6.30. The number of rotatable bonds is 6. The second-order valence-corrected chi connectivity index (χ2v) is 8.22. The SMILES string of the molecule is CCc1cn(Cc2ccc(OC)cc2)c(C(=O)OC(C)(C)C)c1-c1ccc(F)cc1. The molecule has 0 aliphatic carbocycles. The lowest BCUT2D eigenvalue weighted by atomic mass is 10.00. The molecule has 0 amide bonds. The quantitative estimate of drug-likeness (QED) is 0.478. The van der Waals surface area contributed by atoms with Gasteiger partial charge in [-0.3, -0.25) is 0 Å². The molecule has 0 saturated heterocycles. The van der Waals surface area contributed by atoms with Gasteiger partial charge in [0.2, 0.25) is 0 Å². The number of methoxy groups -OCH3 is 1. The summed E-state index contributed by atoms with van der Waals surface area (Å²) in [6, 6.07) is 14.0. The van der Waals surface area contributed by atoms with E-state index in [4.69, 9.17) is 9.47 Å². The van der Waals surface area contributed by atoms with Crippen LogP contribution in [0.4, 0.5) is 4.39 Å². The third-order valence-electron chi connectivity index (χ3n) is 4.77. The summed E-state index contributed by atoms with van der Waals surface area (Å²) in [6.07, 6.45) is 2.72. The second kappa shape index (κ2) is 8.74. The highest BCUT2D eigenvalue weighted by Crippen LogP contribution is 2.32. The fourth-order valence-corrected chi connectivity index (χ4v) is 3.42. The lowest BCUT2D eigenvalue weighted by Crippen LogP contribution is -2.26. The first-order chi connectivity index (χ1) is 14.2. The van der Waals surface area contributed by atoms with Crippen molar-refractivity contribution in [1.29, 1.82) is 0 Å². The average Bonchev–Trinajstić information content (AvgIpc) is 3.06. The molecular formula is C25H28FNO3. The van der Waals surface area contributed by atoms with Crippen molar-refractivity contribution < 1.29 is 18.7 Å². The molecule has 0 saturated carbocycles. The van der Waals surface area contributed by atoms with E-state index in [0.717, 1.165) is 34.4 Å². The zero-order valence-corrected chi connectivity index (χ0v) is 18.2. The number of hydrogen-bond donors (Lipinski definition) is 0. The van der Waals surface area contributed by atoms with Crippen LogP contribution in [-0.2, 0) is 17.7 Å². The number of halogens is 1. The van der Waals surface area contributed by atoms with Gasteiger partial charge in [0, 0.05) is 18.3 Å². The summed E-state index contributed by atoms with van der Waals surface area (Å²) in [7, 11) is 1.63. The van der Waals surface area contributed by atoms with Crippen molar-refractivity contribution in [2.45, 2.75) is 46.3 Å². The molecule has 0 bridgehead atoms. The van der Waals surface area contributed by atoms with Gasteiger partial charge in [-0.05, 0) is 68.1 Å². The van der Waals surface area contributed by atoms with Gasteiger partial charge in [-0.25, -0.2) is 9.18 Å². The summed E-state index contributed by atoms with van der Waals surface area (Å²) in [6.45, 7) is 8.09. The maximum atomic E-state index is 13.5. The van der Waals surface area contributed by atoms with Crippen LogP contribution in [0.15, 0.2) is 54.7 Å². The van der Waals surface area contributed by atoms with E-state index in [1.54, 1.807) is 19.2 Å². The fourth-order valence-electron chi connectivity index (χ4n) is 3.42. The lowest BCUT2D eigenvalue weighted by Gasteiger charge is -2.21. The Morgan fingerprint density at radius 2 is 1.67 bits per heavy atom. The van der Waals surface area contributed by atoms with Gasteiger partial charge in [-0.2, -0.15) is 0 Å². The number of carbonyl (C=O) groups excluding carboxylic acids is 1. The molecule has 0 atom stereocenters. The predicted octanol–water partition coefficient (Wildman–Crippen LogP) is 5.87. The van der Waals surface area contributed by atoms with Crippen LogP contribution < -0.4 is 4.74 Å². The summed E-state index contributed by atoms with van der Waals surface area (Å²) in [5, 5.41) is 0. The van der Waals surface area contributed by atoms with Crippen LogP contribution in [0.2, 0.25) is 0 Å². The molecule has 0 radical (unpaired) electrons. The number of nitrogens with zero attached hydrogens (tertiary/aromatic N) is 1. The zero-order chi connectivity index (χ0) is 21.9. The van der Waals surface area contributed by atoms with E-state index >= 15 is 0 Å². The van der Waals surface area contributed by atoms with Gasteiger partial charge in [0.1, 0.15) is 22.9 Å². The number of benzene rings is 2. The number of carbonyl (C=O) groups is 1. The van der Waals surface area contributed by atoms with Crippen LogP contribution >= 0.6 is 0 Å². The van der Waals surface area contributed by atoms with Gasteiger partial charge in [0.05, 0.1) is 7.11 Å². The number of hydrogen-bond acceptors (Lipinski definition) is 3. The Labute approximate surface area is 177 Å². The first-order valence-corrected chi connectivity index (χ1v) is 10.1. The zero-order valence-electron chi connectivity index (χ0n) is 18.2. The van der Waals surface area contributed by atoms with Crippen molar-refractivity contribution >= 4 is 5.97 Å². The Morgan fingerprint density at radius 1 is 1.03 bits per heavy atom. The molecule has 0 N–H and O–H groups in total. The molecule has 158 valence electrons. The predicted molar refractivity (Wildman–Crippen MR) is 116 cm³/mol. The van der Waals surface area contributed by atoms with Gasteiger partial charge in [-0.1, -0.05) is 31.2 Å². The smallest absolute Gasteiger partial charge is 0.356 e. The highest BCUT2D eigenvalue weighted by molar-refractivity contribution is 5.97. The van der Waals surface area contributed by atoms with Crippen LogP contribution in [0.1, 0.15) is 49.3 Å². The first-order valence-electron chi connectivity index (χ1n) is 10.1. The summed E-state index contributed by atoms with van der Waals surface area (Å²) in [5.74, 6) is 0.0724. The van der Waals surface area contributed by atoms with Crippen LogP contribution in [0.3, 0.4) is 0 Å². The van der Waals surface area contributed by atoms with Crippen molar-refractivity contribution in [1.82, 2.24) is 4.57 Å². The number of aryl methyl sites for hydroxylation is 1. The van der Waals surface area contributed by atoms with Crippen molar-refractivity contribution in [3.63, 3.8) is 0 Å². The highest BCUT2D eigenvalue weighted by atomic mass is 19.1. The number of ether oxygens (including phenoxy) is 2. The molecule has 0 spiro atoms. The van der Waals surface area contributed by atoms with Crippen LogP contribution in [0.5, 0.6) is 5.75 Å². The van der Waals surface area contributed by atoms with E-state index in [2.05, 4.69) is 0 Å². The summed E-state index contributed by atoms with van der Waals surface area (Å²) < 4.78 is 26.4. The molecular weight excluding hydrogens is 381 g/mol. The monoisotopic (exact) mass is 409 g/mol. The molecule has 1 aromatic heterocycles. The average molecular weight is 410 g/mol. The molecule has 0 fully saturated rings. The summed E-state index contributed by atoms with van der Waals surface area (Å²) in [4.78, 5) is 13.2. The van der Waals surface area contributed by atoms with Crippen molar-refractivity contribution in [3.05, 3.63) is 77.4 Å². The minimum Gasteiger partial charge on any atom is -0.497 e. The van der Waals surface area contributed by atoms with E-state index in [0.29, 0.717) is 12.2 Å². The Morgan fingerprint density at radius 3 is 2.20 bits per heavy atom. The Hall–Kier alpha value is -3.08. The van der Waals surface area contributed by atoms with E-state index in [1.165, 1.54) is 12.1 Å². The molecule has 2 aromatic carbocycles. The largest absolute Gasteiger partial charge is 0.497 e. The highest BCUT2D eigenvalue weighted by Gasteiger charge is 2.27. The molecule has 3 rings (SSSR count). The van der Waals surface area contributed by atoms with Crippen LogP contribution in [0.25, 0.3) is 11.1 Å². The van der Waals surface area contributed by atoms with Gasteiger partial charge < -0.3 is 14.0 Å². The number of esters is 1.